The van der Waals surface area contributed by atoms with Crippen molar-refractivity contribution in [2.75, 3.05) is 26.9 Å². The third kappa shape index (κ3) is 4.51. The topological polar surface area (TPSA) is 69.7 Å². The molecule has 1 amide bonds. The summed E-state index contributed by atoms with van der Waals surface area (Å²) >= 11 is 0. The molecule has 1 saturated heterocycles. The average molecular weight is 382 g/mol. The van der Waals surface area contributed by atoms with Gasteiger partial charge in [0.2, 0.25) is 11.8 Å². The molecule has 0 bridgehead atoms. The van der Waals surface area contributed by atoms with Crippen LogP contribution in [0.5, 0.6) is 5.88 Å². The van der Waals surface area contributed by atoms with Gasteiger partial charge in [0.15, 0.2) is 0 Å². The van der Waals surface area contributed by atoms with Gasteiger partial charge in [-0.3, -0.25) is 4.79 Å². The molecule has 148 valence electrons. The lowest BCUT2D eigenvalue weighted by Gasteiger charge is -2.19. The summed E-state index contributed by atoms with van der Waals surface area (Å²) in [7, 11) is 1.63. The van der Waals surface area contributed by atoms with Crippen molar-refractivity contribution in [3.8, 4) is 5.88 Å². The van der Waals surface area contributed by atoms with E-state index in [2.05, 4.69) is 22.4 Å². The van der Waals surface area contributed by atoms with Gasteiger partial charge in [0, 0.05) is 31.7 Å². The fraction of sp³-hybridized carbons (Fsp3) is 0.455. The molecular weight excluding hydrogens is 356 g/mol. The van der Waals surface area contributed by atoms with E-state index < -0.39 is 0 Å². The van der Waals surface area contributed by atoms with E-state index >= 15 is 0 Å². The van der Waals surface area contributed by atoms with Crippen molar-refractivity contribution in [1.29, 1.82) is 0 Å². The smallest absolute Gasteiger partial charge is 0.224 e. The van der Waals surface area contributed by atoms with E-state index in [-0.39, 0.29) is 24.0 Å². The summed E-state index contributed by atoms with van der Waals surface area (Å²) in [5.74, 6) is 0.985. The number of nitrogens with one attached hydrogen (secondary N) is 1. The Morgan fingerprint density at radius 1 is 1.29 bits per heavy atom. The van der Waals surface area contributed by atoms with Crippen LogP contribution < -0.4 is 10.1 Å². The third-order valence-electron chi connectivity index (χ3n) is 5.34. The SMILES string of the molecule is COCC(NC(=O)[C@H]1C[C@@H]1c1ccccc1)c1ccc(O[C@@H]2CCOC2)nc1. The van der Waals surface area contributed by atoms with Gasteiger partial charge in [0.25, 0.3) is 0 Å². The number of carbonyl (C=O) groups excluding carboxylic acids is 1. The molecule has 4 atom stereocenters. The third-order valence-corrected chi connectivity index (χ3v) is 5.34. The highest BCUT2D eigenvalue weighted by Gasteiger charge is 2.44. The maximum absolute atomic E-state index is 12.7. The Morgan fingerprint density at radius 3 is 2.82 bits per heavy atom. The number of hydrogen-bond acceptors (Lipinski definition) is 5. The number of hydrogen-bond donors (Lipinski definition) is 1. The number of methoxy groups -OCH3 is 1. The molecule has 1 saturated carbocycles. The minimum absolute atomic E-state index is 0.0275. The van der Waals surface area contributed by atoms with Crippen molar-refractivity contribution >= 4 is 5.91 Å². The first kappa shape index (κ1) is 18.9. The van der Waals surface area contributed by atoms with E-state index in [9.17, 15) is 4.79 Å². The lowest BCUT2D eigenvalue weighted by Crippen LogP contribution is -2.32. The van der Waals surface area contributed by atoms with Gasteiger partial charge >= 0.3 is 0 Å². The van der Waals surface area contributed by atoms with Crippen molar-refractivity contribution < 1.29 is 19.0 Å². The summed E-state index contributed by atoms with van der Waals surface area (Å²) in [5, 5.41) is 3.12. The van der Waals surface area contributed by atoms with Crippen LogP contribution in [0, 0.1) is 5.92 Å². The number of amides is 1. The summed E-state index contributed by atoms with van der Waals surface area (Å²) in [5.41, 5.74) is 2.13. The average Bonchev–Trinajstić information content (AvgIpc) is 3.38. The van der Waals surface area contributed by atoms with Crippen molar-refractivity contribution in [3.05, 3.63) is 59.8 Å². The van der Waals surface area contributed by atoms with Crippen molar-refractivity contribution in [2.45, 2.75) is 30.9 Å². The second kappa shape index (κ2) is 8.71. The molecule has 1 aromatic carbocycles. The minimum atomic E-state index is -0.231. The van der Waals surface area contributed by atoms with E-state index in [0.29, 0.717) is 25.0 Å². The highest BCUT2D eigenvalue weighted by molar-refractivity contribution is 5.83. The van der Waals surface area contributed by atoms with Crippen LogP contribution in [0.1, 0.15) is 35.9 Å². The molecule has 2 aromatic rings. The van der Waals surface area contributed by atoms with Crippen LogP contribution in [0.25, 0.3) is 0 Å². The molecule has 0 radical (unpaired) electrons. The number of carbonyl (C=O) groups is 1. The van der Waals surface area contributed by atoms with Crippen LogP contribution in [-0.2, 0) is 14.3 Å². The zero-order valence-electron chi connectivity index (χ0n) is 16.0. The van der Waals surface area contributed by atoms with Gasteiger partial charge in [0.05, 0.1) is 25.9 Å². The number of benzene rings is 1. The Balaban J connectivity index is 1.36. The summed E-state index contributed by atoms with van der Waals surface area (Å²) < 4.78 is 16.4. The Morgan fingerprint density at radius 2 is 2.14 bits per heavy atom. The largest absolute Gasteiger partial charge is 0.472 e. The van der Waals surface area contributed by atoms with E-state index in [1.165, 1.54) is 5.56 Å². The van der Waals surface area contributed by atoms with Gasteiger partial charge in [-0.1, -0.05) is 30.3 Å². The van der Waals surface area contributed by atoms with Crippen LogP contribution in [0.15, 0.2) is 48.7 Å². The molecule has 2 aliphatic rings. The molecule has 0 spiro atoms. The number of pyridine rings is 1. The lowest BCUT2D eigenvalue weighted by atomic mass is 10.1. The van der Waals surface area contributed by atoms with E-state index in [4.69, 9.17) is 14.2 Å². The van der Waals surface area contributed by atoms with Crippen LogP contribution in [0.3, 0.4) is 0 Å². The Bertz CT molecular complexity index is 775. The maximum Gasteiger partial charge on any atom is 0.224 e. The number of aromatic nitrogens is 1. The molecule has 2 fully saturated rings. The van der Waals surface area contributed by atoms with Crippen LogP contribution in [0.4, 0.5) is 0 Å². The summed E-state index contributed by atoms with van der Waals surface area (Å²) in [6.07, 6.45) is 3.59. The molecule has 1 N–H and O–H groups in total. The molecule has 2 heterocycles. The van der Waals surface area contributed by atoms with Gasteiger partial charge in [-0.2, -0.15) is 0 Å². The second-order valence-corrected chi connectivity index (χ2v) is 7.41. The fourth-order valence-electron chi connectivity index (χ4n) is 3.66. The number of nitrogens with zero attached hydrogens (tertiary/aromatic N) is 1. The molecule has 6 nitrogen and oxygen atoms in total. The highest BCUT2D eigenvalue weighted by atomic mass is 16.5. The maximum atomic E-state index is 12.7. The normalized spacial score (nSPS) is 24.5. The Kier molecular flexibility index (Phi) is 5.88. The molecule has 1 aliphatic carbocycles. The van der Waals surface area contributed by atoms with Gasteiger partial charge in [-0.05, 0) is 29.5 Å². The van der Waals surface area contributed by atoms with Crippen molar-refractivity contribution in [1.82, 2.24) is 10.3 Å². The van der Waals surface area contributed by atoms with Crippen LogP contribution in [-0.4, -0.2) is 43.9 Å². The summed E-state index contributed by atoms with van der Waals surface area (Å²) in [6.45, 7) is 1.73. The number of rotatable bonds is 8. The molecule has 1 aliphatic heterocycles. The van der Waals surface area contributed by atoms with Crippen molar-refractivity contribution in [2.24, 2.45) is 5.92 Å². The molecule has 6 heteroatoms. The quantitative estimate of drug-likeness (QED) is 0.760. The number of ether oxygens (including phenoxy) is 3. The summed E-state index contributed by atoms with van der Waals surface area (Å²) in [4.78, 5) is 17.1. The van der Waals surface area contributed by atoms with Crippen molar-refractivity contribution in [3.63, 3.8) is 0 Å². The highest BCUT2D eigenvalue weighted by Crippen LogP contribution is 2.47. The summed E-state index contributed by atoms with van der Waals surface area (Å²) in [6, 6.07) is 13.7. The molecular formula is C22H26N2O4. The zero-order chi connectivity index (χ0) is 19.3. The van der Waals surface area contributed by atoms with Gasteiger partial charge in [-0.25, -0.2) is 4.98 Å². The van der Waals surface area contributed by atoms with Gasteiger partial charge in [0.1, 0.15) is 6.10 Å². The fourth-order valence-corrected chi connectivity index (χ4v) is 3.66. The van der Waals surface area contributed by atoms with E-state index in [0.717, 1.165) is 25.0 Å². The zero-order valence-corrected chi connectivity index (χ0v) is 16.0. The van der Waals surface area contributed by atoms with Gasteiger partial charge < -0.3 is 19.5 Å². The molecule has 28 heavy (non-hydrogen) atoms. The Labute approximate surface area is 165 Å². The lowest BCUT2D eigenvalue weighted by molar-refractivity contribution is -0.123. The molecule has 1 aromatic heterocycles. The first-order valence-electron chi connectivity index (χ1n) is 9.79. The first-order valence-corrected chi connectivity index (χ1v) is 9.79. The minimum Gasteiger partial charge on any atom is -0.472 e. The van der Waals surface area contributed by atoms with Crippen LogP contribution in [0.2, 0.25) is 0 Å². The molecule has 4 rings (SSSR count). The predicted octanol–water partition coefficient (Wildman–Crippen LogP) is 2.86. The first-order chi connectivity index (χ1) is 13.7. The van der Waals surface area contributed by atoms with Crippen LogP contribution >= 0.6 is 0 Å². The predicted molar refractivity (Wildman–Crippen MR) is 104 cm³/mol. The second-order valence-electron chi connectivity index (χ2n) is 7.41. The standard InChI is InChI=1S/C22H26N2O4/c1-26-14-20(16-7-8-21(23-12-16)28-17-9-10-27-13-17)24-22(25)19-11-18(19)15-5-3-2-4-6-15/h2-8,12,17-20H,9-11,13-14H2,1H3,(H,24,25)/t17-,18-,19+,20?/m1/s1. The van der Waals surface area contributed by atoms with Gasteiger partial charge in [-0.15, -0.1) is 0 Å². The Hall–Kier alpha value is -2.44. The van der Waals surface area contributed by atoms with E-state index in [1.807, 2.05) is 30.3 Å². The monoisotopic (exact) mass is 382 g/mol. The van der Waals surface area contributed by atoms with E-state index in [1.54, 1.807) is 13.3 Å². The molecule has 1 unspecified atom stereocenters.